The number of urea groups is 1. The lowest BCUT2D eigenvalue weighted by molar-refractivity contribution is -0.0782. The highest BCUT2D eigenvalue weighted by Gasteiger charge is 2.52. The van der Waals surface area contributed by atoms with Crippen molar-refractivity contribution >= 4 is 13.9 Å². The van der Waals surface area contributed by atoms with E-state index in [2.05, 4.69) is 22.2 Å². The van der Waals surface area contributed by atoms with Gasteiger partial charge in [0.05, 0.1) is 31.5 Å². The van der Waals surface area contributed by atoms with Crippen molar-refractivity contribution in [2.75, 3.05) is 33.4 Å². The molecule has 4 rings (SSSR count). The smallest absolute Gasteiger partial charge is 0.376 e. The van der Waals surface area contributed by atoms with Gasteiger partial charge in [-0.25, -0.2) is 23.3 Å². The molecule has 1 unspecified atom stereocenters. The van der Waals surface area contributed by atoms with Crippen molar-refractivity contribution in [2.45, 2.75) is 186 Å². The zero-order valence-corrected chi connectivity index (χ0v) is 39.9. The largest absolute Gasteiger partial charge is 0.472 e. The van der Waals surface area contributed by atoms with Crippen LogP contribution in [0.25, 0.3) is 0 Å². The van der Waals surface area contributed by atoms with Crippen LogP contribution in [0, 0.1) is 5.92 Å². The van der Waals surface area contributed by atoms with E-state index in [9.17, 15) is 33.4 Å². The number of nitrogens with zero attached hydrogens (tertiary/aromatic N) is 3. The number of rotatable bonds is 30. The first kappa shape index (κ1) is 54.1. The molecule has 2 saturated heterocycles. The number of alkyl halides is 1. The summed E-state index contributed by atoms with van der Waals surface area (Å²) in [7, 11) is -3.45. The van der Waals surface area contributed by atoms with Crippen LogP contribution in [0.4, 0.5) is 9.18 Å². The van der Waals surface area contributed by atoms with Gasteiger partial charge in [0, 0.05) is 50.6 Å². The Hall–Kier alpha value is -3.49. The van der Waals surface area contributed by atoms with Gasteiger partial charge in [0.1, 0.15) is 18.3 Å². The van der Waals surface area contributed by atoms with E-state index in [1.807, 2.05) is 13.8 Å². The van der Waals surface area contributed by atoms with E-state index in [0.717, 1.165) is 48.9 Å². The predicted molar refractivity (Wildman–Crippen MR) is 242 cm³/mol. The van der Waals surface area contributed by atoms with Gasteiger partial charge in [-0.15, -0.1) is 0 Å². The molecular weight excluding hydrogens is 870 g/mol. The number of unbranched alkanes of at least 4 members (excludes halogenated alkanes) is 14. The molecule has 2 aliphatic rings. The number of halogens is 1. The van der Waals surface area contributed by atoms with Gasteiger partial charge in [-0.1, -0.05) is 96.8 Å². The Kier molecular flexibility index (Phi) is 22.8. The molecule has 9 atom stereocenters. The standard InChI is InChI=1S/C44H74FN6O13P/c1-7-8-9-10-11-12-13-14-15-16-17-18-19-20-21-24-49(28-33-39(64-65(57,58)63-31(4)5)37(45)40(61-33)50-25-22-35(52)47-43(50)55)42(54)46-27-32-34(29-60-30(2)3)62-41(38(32)59-6)51-26-23-36(53)48-44(51)56/h22-23,25-26,30-34,37-41H,7-21,24,27-29H2,1-6H3,(H,46,54)(H,57,58)(H,47,52,55)(H,48,53,56)/t32-,33-,34-,37-,38-,39-,40-,41-/m1/s1. The molecule has 2 amide bonds. The number of amides is 2. The third-order valence-electron chi connectivity index (χ3n) is 11.7. The monoisotopic (exact) mass is 945 g/mol. The second-order valence-corrected chi connectivity index (χ2v) is 19.0. The normalized spacial score (nSPS) is 24.2. The minimum absolute atomic E-state index is 0.0337. The van der Waals surface area contributed by atoms with Crippen LogP contribution in [0.5, 0.6) is 0 Å². The van der Waals surface area contributed by atoms with Crippen molar-refractivity contribution < 1.29 is 46.6 Å². The highest BCUT2D eigenvalue weighted by molar-refractivity contribution is 7.47. The van der Waals surface area contributed by atoms with Crippen LogP contribution in [-0.4, -0.2) is 111 Å². The first-order valence-corrected chi connectivity index (χ1v) is 25.0. The van der Waals surface area contributed by atoms with E-state index >= 15 is 4.39 Å². The zero-order valence-electron chi connectivity index (χ0n) is 39.0. The van der Waals surface area contributed by atoms with Crippen molar-refractivity contribution in [3.63, 3.8) is 0 Å². The van der Waals surface area contributed by atoms with Crippen LogP contribution >= 0.6 is 7.82 Å². The molecule has 0 bridgehead atoms. The van der Waals surface area contributed by atoms with Gasteiger partial charge in [0.15, 0.2) is 18.6 Å². The van der Waals surface area contributed by atoms with Crippen LogP contribution in [0.15, 0.2) is 43.7 Å². The number of phosphoric acid groups is 1. The number of carbonyl (C=O) groups is 1. The summed E-state index contributed by atoms with van der Waals surface area (Å²) in [4.78, 5) is 80.0. The summed E-state index contributed by atoms with van der Waals surface area (Å²) >= 11 is 0. The van der Waals surface area contributed by atoms with Gasteiger partial charge in [-0.2, -0.15) is 0 Å². The number of methoxy groups -OCH3 is 1. The number of carbonyl (C=O) groups excluding carboxylic acids is 1. The molecule has 0 saturated carbocycles. The van der Waals surface area contributed by atoms with Crippen molar-refractivity contribution in [1.29, 1.82) is 0 Å². The summed E-state index contributed by atoms with van der Waals surface area (Å²) in [5.41, 5.74) is -2.99. The molecule has 0 radical (unpaired) electrons. The van der Waals surface area contributed by atoms with Crippen molar-refractivity contribution in [2.24, 2.45) is 5.92 Å². The highest BCUT2D eigenvalue weighted by Crippen LogP contribution is 2.50. The first-order valence-electron chi connectivity index (χ1n) is 23.5. The molecular formula is C44H74FN6O13P. The van der Waals surface area contributed by atoms with Gasteiger partial charge >= 0.3 is 25.2 Å². The lowest BCUT2D eigenvalue weighted by Crippen LogP contribution is -2.50. The number of hydrogen-bond donors (Lipinski definition) is 4. The molecule has 2 aromatic rings. The lowest BCUT2D eigenvalue weighted by Gasteiger charge is -2.30. The molecule has 21 heteroatoms. The maximum absolute atomic E-state index is 16.4. The minimum atomic E-state index is -4.90. The third kappa shape index (κ3) is 17.3. The van der Waals surface area contributed by atoms with Gasteiger partial charge in [0.25, 0.3) is 11.1 Å². The van der Waals surface area contributed by atoms with E-state index in [-0.39, 0.29) is 32.3 Å². The second-order valence-electron chi connectivity index (χ2n) is 17.6. The third-order valence-corrected chi connectivity index (χ3v) is 12.9. The van der Waals surface area contributed by atoms with Crippen molar-refractivity contribution in [3.05, 3.63) is 66.2 Å². The van der Waals surface area contributed by atoms with E-state index in [4.69, 9.17) is 28.0 Å². The fourth-order valence-electron chi connectivity index (χ4n) is 8.37. The summed E-state index contributed by atoms with van der Waals surface area (Å²) < 4.78 is 66.1. The number of nitrogens with one attached hydrogen (secondary N) is 3. The molecule has 19 nitrogen and oxygen atoms in total. The molecule has 0 aliphatic carbocycles. The summed E-state index contributed by atoms with van der Waals surface area (Å²) in [6, 6.07) is 1.61. The number of aromatic nitrogens is 4. The van der Waals surface area contributed by atoms with Crippen LogP contribution in [0.3, 0.4) is 0 Å². The average Bonchev–Trinajstić information content (AvgIpc) is 3.74. The van der Waals surface area contributed by atoms with E-state index in [1.165, 1.54) is 100 Å². The molecule has 0 spiro atoms. The SMILES string of the molecule is CCCCCCCCCCCCCCCCCN(C[C@H]1O[C@@H](n2ccc(=O)[nH]c2=O)[C@H](F)[C@@H]1OP(=O)(O)OC(C)C)C(=O)NC[C@H]1[C@@H](OC)[C@H](n2ccc(=O)[nH]c2=O)O[C@@H]1COC(C)C. The van der Waals surface area contributed by atoms with Gasteiger partial charge in [-0.3, -0.25) is 37.7 Å². The zero-order chi connectivity index (χ0) is 47.5. The molecule has 2 fully saturated rings. The summed E-state index contributed by atoms with van der Waals surface area (Å²) in [6.45, 7) is 8.83. The van der Waals surface area contributed by atoms with Crippen LogP contribution < -0.4 is 27.8 Å². The van der Waals surface area contributed by atoms with Crippen LogP contribution in [0.2, 0.25) is 0 Å². The quantitative estimate of drug-likeness (QED) is 0.0515. The molecule has 370 valence electrons. The number of phosphoric ester groups is 1. The van der Waals surface area contributed by atoms with Crippen molar-refractivity contribution in [3.8, 4) is 0 Å². The van der Waals surface area contributed by atoms with Crippen molar-refractivity contribution in [1.82, 2.24) is 29.3 Å². The molecule has 0 aromatic carbocycles. The van der Waals surface area contributed by atoms with E-state index in [1.54, 1.807) is 0 Å². The Labute approximate surface area is 380 Å². The second kappa shape index (κ2) is 27.4. The van der Waals surface area contributed by atoms with Gasteiger partial charge in [0.2, 0.25) is 0 Å². The van der Waals surface area contributed by atoms with Gasteiger partial charge in [-0.05, 0) is 34.1 Å². The number of hydrogen-bond acceptors (Lipinski definition) is 12. The maximum atomic E-state index is 16.4. The number of ether oxygens (including phenoxy) is 4. The van der Waals surface area contributed by atoms with Crippen LogP contribution in [0.1, 0.15) is 143 Å². The fraction of sp³-hybridized carbons (Fsp3) is 0.795. The van der Waals surface area contributed by atoms with Gasteiger partial charge < -0.3 is 34.1 Å². The maximum Gasteiger partial charge on any atom is 0.472 e. The number of aromatic amines is 2. The Morgan fingerprint density at radius 3 is 1.80 bits per heavy atom. The Morgan fingerprint density at radius 2 is 1.31 bits per heavy atom. The van der Waals surface area contributed by atoms with E-state index < -0.39 is 91.4 Å². The first-order chi connectivity index (χ1) is 31.0. The number of H-pyrrole nitrogens is 2. The Balaban J connectivity index is 1.50. The highest BCUT2D eigenvalue weighted by atomic mass is 31.2. The average molecular weight is 945 g/mol. The Bertz CT molecular complexity index is 2010. The molecule has 65 heavy (non-hydrogen) atoms. The lowest BCUT2D eigenvalue weighted by atomic mass is 9.98. The molecule has 4 heterocycles. The predicted octanol–water partition coefficient (Wildman–Crippen LogP) is 6.07. The molecule has 2 aliphatic heterocycles. The van der Waals surface area contributed by atoms with Crippen LogP contribution in [-0.2, 0) is 32.6 Å². The summed E-state index contributed by atoms with van der Waals surface area (Å²) in [5.74, 6) is -0.571. The summed E-state index contributed by atoms with van der Waals surface area (Å²) in [6.07, 6.45) is 9.01. The topological polar surface area (TPSA) is 235 Å². The summed E-state index contributed by atoms with van der Waals surface area (Å²) in [5, 5.41) is 2.95. The Morgan fingerprint density at radius 1 is 0.800 bits per heavy atom. The minimum Gasteiger partial charge on any atom is -0.376 e. The van der Waals surface area contributed by atoms with E-state index in [0.29, 0.717) is 6.42 Å². The molecule has 4 N–H and O–H groups in total. The molecule has 2 aromatic heterocycles. The fourth-order valence-corrected chi connectivity index (χ4v) is 9.51.